The van der Waals surface area contributed by atoms with Gasteiger partial charge in [0.25, 0.3) is 0 Å². The van der Waals surface area contributed by atoms with Crippen LogP contribution in [-0.4, -0.2) is 22.0 Å². The van der Waals surface area contributed by atoms with Crippen LogP contribution in [0.1, 0.15) is 39.3 Å². The van der Waals surface area contributed by atoms with Crippen LogP contribution in [0, 0.1) is 3.57 Å². The third-order valence-corrected chi connectivity index (χ3v) is 3.00. The fourth-order valence-electron chi connectivity index (χ4n) is 1.33. The maximum absolute atomic E-state index is 11.7. The van der Waals surface area contributed by atoms with Gasteiger partial charge in [0, 0.05) is 0 Å². The Morgan fingerprint density at radius 2 is 2.31 bits per heavy atom. The Morgan fingerprint density at radius 3 is 2.88 bits per heavy atom. The molecule has 1 heterocycles. The van der Waals surface area contributed by atoms with E-state index in [1.807, 2.05) is 13.8 Å². The number of hydrogen-bond donors (Lipinski definition) is 0. The molecule has 1 rings (SSSR count). The highest BCUT2D eigenvalue weighted by molar-refractivity contribution is 14.1. The summed E-state index contributed by atoms with van der Waals surface area (Å²) in [5, 5.41) is 4.06. The lowest BCUT2D eigenvalue weighted by Crippen LogP contribution is -2.21. The largest absolute Gasteiger partial charge is 0.445 e. The van der Waals surface area contributed by atoms with Crippen molar-refractivity contribution >= 4 is 28.7 Å². The molecule has 0 spiro atoms. The van der Waals surface area contributed by atoms with Gasteiger partial charge < -0.3 is 4.74 Å². The predicted molar refractivity (Wildman–Crippen MR) is 70.6 cm³/mol. The van der Waals surface area contributed by atoms with E-state index in [-0.39, 0.29) is 12.2 Å². The normalized spacial score (nSPS) is 10.8. The van der Waals surface area contributed by atoms with Gasteiger partial charge >= 0.3 is 6.09 Å². The van der Waals surface area contributed by atoms with Crippen molar-refractivity contribution < 1.29 is 9.53 Å². The number of rotatable bonds is 4. The SMILES string of the molecule is CCCCc1c(I)cnn1C(=O)OC(C)C. The van der Waals surface area contributed by atoms with Gasteiger partial charge in [0.2, 0.25) is 0 Å². The van der Waals surface area contributed by atoms with Gasteiger partial charge in [-0.3, -0.25) is 0 Å². The molecule has 0 atom stereocenters. The molecule has 1 aromatic heterocycles. The Kier molecular flexibility index (Phi) is 5.24. The molecule has 0 saturated carbocycles. The minimum absolute atomic E-state index is 0.117. The first-order valence-electron chi connectivity index (χ1n) is 5.49. The molecule has 0 fully saturated rings. The second-order valence-electron chi connectivity index (χ2n) is 3.89. The molecule has 0 aromatic carbocycles. The van der Waals surface area contributed by atoms with E-state index in [4.69, 9.17) is 4.74 Å². The van der Waals surface area contributed by atoms with Crippen LogP contribution in [0.5, 0.6) is 0 Å². The summed E-state index contributed by atoms with van der Waals surface area (Å²) in [6.07, 6.45) is 4.21. The molecule has 90 valence electrons. The standard InChI is InChI=1S/C11H17IN2O2/c1-4-5-6-10-9(12)7-13-14(10)11(15)16-8(2)3/h7-8H,4-6H2,1-3H3. The summed E-state index contributed by atoms with van der Waals surface area (Å²) in [5.74, 6) is 0. The number of nitrogens with zero attached hydrogens (tertiary/aromatic N) is 2. The van der Waals surface area contributed by atoms with Crippen molar-refractivity contribution in [1.82, 2.24) is 9.78 Å². The Labute approximate surface area is 109 Å². The fraction of sp³-hybridized carbons (Fsp3) is 0.636. The van der Waals surface area contributed by atoms with Gasteiger partial charge in [-0.2, -0.15) is 9.78 Å². The van der Waals surface area contributed by atoms with Gasteiger partial charge in [-0.25, -0.2) is 4.79 Å². The molecule has 5 heteroatoms. The number of ether oxygens (including phenoxy) is 1. The van der Waals surface area contributed by atoms with Crippen LogP contribution in [-0.2, 0) is 11.2 Å². The minimum atomic E-state index is -0.385. The molecule has 0 aliphatic carbocycles. The Hall–Kier alpha value is -0.590. The summed E-state index contributed by atoms with van der Waals surface area (Å²) in [7, 11) is 0. The zero-order valence-corrected chi connectivity index (χ0v) is 12.0. The maximum Gasteiger partial charge on any atom is 0.435 e. The lowest BCUT2D eigenvalue weighted by molar-refractivity contribution is 0.113. The molecule has 0 aliphatic rings. The Morgan fingerprint density at radius 1 is 1.62 bits per heavy atom. The van der Waals surface area contributed by atoms with Crippen LogP contribution in [0.4, 0.5) is 4.79 Å². The van der Waals surface area contributed by atoms with Crippen molar-refractivity contribution in [3.8, 4) is 0 Å². The average Bonchev–Trinajstić information content (AvgIpc) is 2.56. The van der Waals surface area contributed by atoms with Gasteiger partial charge in [-0.1, -0.05) is 13.3 Å². The molecule has 0 saturated heterocycles. The molecule has 1 aromatic rings. The summed E-state index contributed by atoms with van der Waals surface area (Å²) >= 11 is 2.20. The molecule has 0 bridgehead atoms. The molecule has 0 radical (unpaired) electrons. The first-order chi connectivity index (χ1) is 7.56. The van der Waals surface area contributed by atoms with Crippen molar-refractivity contribution in [3.63, 3.8) is 0 Å². The number of carbonyl (C=O) groups excluding carboxylic acids is 1. The van der Waals surface area contributed by atoms with Gasteiger partial charge in [-0.05, 0) is 49.3 Å². The van der Waals surface area contributed by atoms with Crippen LogP contribution in [0.2, 0.25) is 0 Å². The van der Waals surface area contributed by atoms with Crippen LogP contribution >= 0.6 is 22.6 Å². The smallest absolute Gasteiger partial charge is 0.435 e. The zero-order chi connectivity index (χ0) is 12.1. The zero-order valence-electron chi connectivity index (χ0n) is 9.86. The molecule has 4 nitrogen and oxygen atoms in total. The maximum atomic E-state index is 11.7. The molecule has 0 amide bonds. The van der Waals surface area contributed by atoms with Gasteiger partial charge in [-0.15, -0.1) is 0 Å². The first-order valence-corrected chi connectivity index (χ1v) is 6.57. The number of halogens is 1. The van der Waals surface area contributed by atoms with Gasteiger partial charge in [0.15, 0.2) is 0 Å². The van der Waals surface area contributed by atoms with E-state index in [1.165, 1.54) is 4.68 Å². The third-order valence-electron chi connectivity index (χ3n) is 2.09. The van der Waals surface area contributed by atoms with Crippen molar-refractivity contribution in [1.29, 1.82) is 0 Å². The number of hydrogen-bond acceptors (Lipinski definition) is 3. The summed E-state index contributed by atoms with van der Waals surface area (Å²) in [4.78, 5) is 11.7. The fourth-order valence-corrected chi connectivity index (χ4v) is 1.95. The molecular formula is C11H17IN2O2. The number of unbranched alkanes of at least 4 members (excludes halogenated alkanes) is 1. The number of aromatic nitrogens is 2. The summed E-state index contributed by atoms with van der Waals surface area (Å²) in [6.45, 7) is 5.79. The van der Waals surface area contributed by atoms with E-state index < -0.39 is 0 Å². The van der Waals surface area contributed by atoms with E-state index in [2.05, 4.69) is 34.6 Å². The summed E-state index contributed by atoms with van der Waals surface area (Å²) in [6, 6.07) is 0. The van der Waals surface area contributed by atoms with E-state index in [1.54, 1.807) is 6.20 Å². The third kappa shape index (κ3) is 3.47. The topological polar surface area (TPSA) is 44.1 Å². The van der Waals surface area contributed by atoms with Crippen LogP contribution < -0.4 is 0 Å². The van der Waals surface area contributed by atoms with Crippen LogP contribution in [0.25, 0.3) is 0 Å². The monoisotopic (exact) mass is 336 g/mol. The Bertz CT molecular complexity index is 361. The summed E-state index contributed by atoms with van der Waals surface area (Å²) in [5.41, 5.74) is 0.952. The van der Waals surface area contributed by atoms with E-state index in [9.17, 15) is 4.79 Å². The molecule has 0 N–H and O–H groups in total. The highest BCUT2D eigenvalue weighted by atomic mass is 127. The summed E-state index contributed by atoms with van der Waals surface area (Å²) < 4.78 is 7.52. The lowest BCUT2D eigenvalue weighted by atomic mass is 10.2. The van der Waals surface area contributed by atoms with Crippen molar-refractivity contribution in [2.24, 2.45) is 0 Å². The minimum Gasteiger partial charge on any atom is -0.445 e. The molecular weight excluding hydrogens is 319 g/mol. The quantitative estimate of drug-likeness (QED) is 0.793. The molecule has 0 unspecified atom stereocenters. The predicted octanol–water partition coefficient (Wildman–Crippen LogP) is 3.22. The lowest BCUT2D eigenvalue weighted by Gasteiger charge is -2.10. The first kappa shape index (κ1) is 13.5. The molecule has 16 heavy (non-hydrogen) atoms. The van der Waals surface area contributed by atoms with Crippen molar-refractivity contribution in [2.75, 3.05) is 0 Å². The second kappa shape index (κ2) is 6.22. The average molecular weight is 336 g/mol. The van der Waals surface area contributed by atoms with Crippen molar-refractivity contribution in [3.05, 3.63) is 15.5 Å². The van der Waals surface area contributed by atoms with Crippen LogP contribution in [0.15, 0.2) is 6.20 Å². The van der Waals surface area contributed by atoms with Crippen LogP contribution in [0.3, 0.4) is 0 Å². The van der Waals surface area contributed by atoms with E-state index in [0.717, 1.165) is 28.5 Å². The highest BCUT2D eigenvalue weighted by Gasteiger charge is 2.16. The second-order valence-corrected chi connectivity index (χ2v) is 5.05. The highest BCUT2D eigenvalue weighted by Crippen LogP contribution is 2.15. The Balaban J connectivity index is 2.82. The van der Waals surface area contributed by atoms with E-state index in [0.29, 0.717) is 0 Å². The van der Waals surface area contributed by atoms with Crippen molar-refractivity contribution in [2.45, 2.75) is 46.1 Å². The van der Waals surface area contributed by atoms with Gasteiger partial charge in [0.05, 0.1) is 21.6 Å². The number of carbonyl (C=O) groups is 1. The molecule has 0 aliphatic heterocycles. The van der Waals surface area contributed by atoms with E-state index >= 15 is 0 Å². The van der Waals surface area contributed by atoms with Gasteiger partial charge in [0.1, 0.15) is 0 Å².